The van der Waals surface area contributed by atoms with Crippen molar-refractivity contribution in [1.29, 1.82) is 0 Å². The molecule has 152 valence electrons. The van der Waals surface area contributed by atoms with E-state index in [2.05, 4.69) is 27.5 Å². The van der Waals surface area contributed by atoms with E-state index in [1.165, 1.54) is 6.20 Å². The molecule has 1 aliphatic rings. The van der Waals surface area contributed by atoms with Gasteiger partial charge in [0.25, 0.3) is 5.91 Å². The number of aryl methyl sites for hydroxylation is 1. The second kappa shape index (κ2) is 7.98. The van der Waals surface area contributed by atoms with Crippen LogP contribution in [0.4, 0.5) is 0 Å². The largest absolute Gasteiger partial charge is 0.497 e. The molecule has 8 nitrogen and oxygen atoms in total. The van der Waals surface area contributed by atoms with Gasteiger partial charge in [-0.1, -0.05) is 11.6 Å². The molecule has 0 spiro atoms. The second-order valence-electron chi connectivity index (χ2n) is 7.11. The number of carbonyl (C=O) groups excluding carboxylic acids is 1. The number of piperazine rings is 1. The second-order valence-corrected chi connectivity index (χ2v) is 7.49. The smallest absolute Gasteiger partial charge is 0.268 e. The topological polar surface area (TPSA) is 75.5 Å². The van der Waals surface area contributed by atoms with Crippen molar-refractivity contribution >= 4 is 28.5 Å². The van der Waals surface area contributed by atoms with E-state index in [1.807, 2.05) is 36.2 Å². The predicted octanol–water partition coefficient (Wildman–Crippen LogP) is 2.28. The van der Waals surface area contributed by atoms with Gasteiger partial charge in [-0.25, -0.2) is 14.7 Å². The van der Waals surface area contributed by atoms with Gasteiger partial charge in [0.15, 0.2) is 5.65 Å². The third-order valence-electron chi connectivity index (χ3n) is 5.13. The molecule has 0 unspecified atom stereocenters. The molecule has 0 atom stereocenters. The normalized spacial score (nSPS) is 15.6. The Kier molecular flexibility index (Phi) is 5.40. The molecule has 0 radical (unpaired) electrons. The maximum atomic E-state index is 12.8. The van der Waals surface area contributed by atoms with Gasteiger partial charge < -0.3 is 9.64 Å². The number of pyridine rings is 1. The number of aromatic nitrogens is 3. The van der Waals surface area contributed by atoms with Crippen LogP contribution < -0.4 is 10.2 Å². The van der Waals surface area contributed by atoms with E-state index < -0.39 is 0 Å². The number of halogens is 1. The molecular weight excluding hydrogens is 392 g/mol. The highest BCUT2D eigenvalue weighted by Crippen LogP contribution is 2.30. The van der Waals surface area contributed by atoms with E-state index in [1.54, 1.807) is 11.8 Å². The number of hydrazine groups is 1. The van der Waals surface area contributed by atoms with Gasteiger partial charge in [0.1, 0.15) is 5.75 Å². The first-order valence-electron chi connectivity index (χ1n) is 9.40. The van der Waals surface area contributed by atoms with Crippen LogP contribution in [-0.2, 0) is 0 Å². The zero-order valence-electron chi connectivity index (χ0n) is 16.6. The Bertz CT molecular complexity index is 1040. The highest BCUT2D eigenvalue weighted by Gasteiger charge is 2.22. The number of methoxy groups -OCH3 is 1. The Morgan fingerprint density at radius 2 is 1.86 bits per heavy atom. The summed E-state index contributed by atoms with van der Waals surface area (Å²) in [5, 5.41) is 7.53. The van der Waals surface area contributed by atoms with Crippen LogP contribution in [0.1, 0.15) is 16.1 Å². The summed E-state index contributed by atoms with van der Waals surface area (Å²) >= 11 is 6.63. The van der Waals surface area contributed by atoms with Crippen LogP contribution in [0.15, 0.2) is 30.5 Å². The molecular formula is C20H23ClN6O2. The van der Waals surface area contributed by atoms with E-state index in [4.69, 9.17) is 16.3 Å². The number of hydrogen-bond donors (Lipinski definition) is 1. The van der Waals surface area contributed by atoms with Crippen LogP contribution in [0.3, 0.4) is 0 Å². The first-order chi connectivity index (χ1) is 14.0. The Labute approximate surface area is 174 Å². The Hall–Kier alpha value is -2.68. The Morgan fingerprint density at radius 1 is 1.17 bits per heavy atom. The number of likely N-dealkylation sites (N-methyl/N-ethyl adjacent to an activating group) is 1. The number of benzene rings is 1. The number of rotatable bonds is 4. The molecule has 1 amide bonds. The first-order valence-corrected chi connectivity index (χ1v) is 9.78. The third-order valence-corrected chi connectivity index (χ3v) is 5.53. The van der Waals surface area contributed by atoms with Gasteiger partial charge in [0.2, 0.25) is 0 Å². The van der Waals surface area contributed by atoms with Gasteiger partial charge in [-0.3, -0.25) is 10.2 Å². The van der Waals surface area contributed by atoms with Gasteiger partial charge in [-0.15, -0.1) is 0 Å². The van der Waals surface area contributed by atoms with Crippen LogP contribution in [-0.4, -0.2) is 70.9 Å². The van der Waals surface area contributed by atoms with Gasteiger partial charge in [0, 0.05) is 32.4 Å². The minimum absolute atomic E-state index is 0.259. The molecule has 0 bridgehead atoms. The average Bonchev–Trinajstić information content (AvgIpc) is 3.07. The maximum absolute atomic E-state index is 12.8. The van der Waals surface area contributed by atoms with E-state index in [0.29, 0.717) is 27.3 Å². The first kappa shape index (κ1) is 19.6. The molecule has 1 fully saturated rings. The summed E-state index contributed by atoms with van der Waals surface area (Å²) in [4.78, 5) is 19.5. The molecule has 3 aromatic rings. The highest BCUT2D eigenvalue weighted by molar-refractivity contribution is 6.38. The lowest BCUT2D eigenvalue weighted by Gasteiger charge is -2.32. The molecule has 1 N–H and O–H groups in total. The molecule has 2 aromatic heterocycles. The summed E-state index contributed by atoms with van der Waals surface area (Å²) in [6.45, 7) is 5.20. The third kappa shape index (κ3) is 3.78. The van der Waals surface area contributed by atoms with E-state index >= 15 is 0 Å². The van der Waals surface area contributed by atoms with Crippen LogP contribution in [0.5, 0.6) is 5.75 Å². The highest BCUT2D eigenvalue weighted by atomic mass is 35.5. The number of nitrogens with one attached hydrogen (secondary N) is 1. The summed E-state index contributed by atoms with van der Waals surface area (Å²) < 4.78 is 6.93. The lowest BCUT2D eigenvalue weighted by Crippen LogP contribution is -2.52. The summed E-state index contributed by atoms with van der Waals surface area (Å²) in [5.74, 6) is 0.501. The minimum atomic E-state index is -0.259. The van der Waals surface area contributed by atoms with E-state index in [9.17, 15) is 4.79 Å². The Morgan fingerprint density at radius 3 is 2.52 bits per heavy atom. The van der Waals surface area contributed by atoms with Crippen molar-refractivity contribution in [3.8, 4) is 11.4 Å². The zero-order valence-corrected chi connectivity index (χ0v) is 17.4. The quantitative estimate of drug-likeness (QED) is 0.706. The van der Waals surface area contributed by atoms with Gasteiger partial charge in [0.05, 0.1) is 34.5 Å². The van der Waals surface area contributed by atoms with Crippen LogP contribution in [0.25, 0.3) is 16.7 Å². The van der Waals surface area contributed by atoms with Crippen molar-refractivity contribution in [3.05, 3.63) is 46.7 Å². The molecule has 1 saturated heterocycles. The van der Waals surface area contributed by atoms with Crippen molar-refractivity contribution < 1.29 is 9.53 Å². The summed E-state index contributed by atoms with van der Waals surface area (Å²) in [6.07, 6.45) is 1.51. The van der Waals surface area contributed by atoms with Gasteiger partial charge in [-0.2, -0.15) is 5.10 Å². The summed E-state index contributed by atoms with van der Waals surface area (Å²) in [7, 11) is 3.69. The Balaban J connectivity index is 1.65. The van der Waals surface area contributed by atoms with Crippen LogP contribution in [0, 0.1) is 6.92 Å². The lowest BCUT2D eigenvalue weighted by molar-refractivity contribution is 0.0662. The predicted molar refractivity (Wildman–Crippen MR) is 112 cm³/mol. The molecule has 0 saturated carbocycles. The van der Waals surface area contributed by atoms with Gasteiger partial charge in [-0.05, 0) is 38.2 Å². The number of nitrogens with zero attached hydrogens (tertiary/aromatic N) is 5. The lowest BCUT2D eigenvalue weighted by atomic mass is 10.2. The van der Waals surface area contributed by atoms with Crippen molar-refractivity contribution in [2.75, 3.05) is 40.3 Å². The number of fused-ring (bicyclic) bond motifs is 1. The summed E-state index contributed by atoms with van der Waals surface area (Å²) in [6, 6.07) is 7.51. The molecule has 29 heavy (non-hydrogen) atoms. The number of carbonyl (C=O) groups is 1. The molecule has 1 aliphatic heterocycles. The molecule has 1 aromatic carbocycles. The van der Waals surface area contributed by atoms with Crippen molar-refractivity contribution in [3.63, 3.8) is 0 Å². The van der Waals surface area contributed by atoms with E-state index in [-0.39, 0.29) is 5.91 Å². The molecule has 0 aliphatic carbocycles. The number of amides is 1. The SMILES string of the molecule is COc1ccc(-n2nc(C)c3c(Cl)c(C(=O)NN4CCN(C)CC4)cnc32)cc1. The fourth-order valence-corrected chi connectivity index (χ4v) is 3.75. The number of hydrogen-bond acceptors (Lipinski definition) is 6. The standard InChI is InChI=1S/C20H23ClN6O2/c1-13-17-18(21)16(20(28)24-26-10-8-25(2)9-11-26)12-22-19(17)27(23-13)14-4-6-15(29-3)7-5-14/h4-7,12H,8-11H2,1-3H3,(H,24,28). The monoisotopic (exact) mass is 414 g/mol. The van der Waals surface area contributed by atoms with Crippen LogP contribution >= 0.6 is 11.6 Å². The zero-order chi connectivity index (χ0) is 20.5. The minimum Gasteiger partial charge on any atom is -0.497 e. The summed E-state index contributed by atoms with van der Waals surface area (Å²) in [5.41, 5.74) is 5.43. The number of ether oxygens (including phenoxy) is 1. The molecule has 9 heteroatoms. The fourth-order valence-electron chi connectivity index (χ4n) is 3.39. The van der Waals surface area contributed by atoms with Crippen molar-refractivity contribution in [2.24, 2.45) is 0 Å². The van der Waals surface area contributed by atoms with E-state index in [0.717, 1.165) is 37.6 Å². The average molecular weight is 415 g/mol. The van der Waals surface area contributed by atoms with Crippen molar-refractivity contribution in [2.45, 2.75) is 6.92 Å². The van der Waals surface area contributed by atoms with Crippen molar-refractivity contribution in [1.82, 2.24) is 30.1 Å². The molecule has 4 rings (SSSR count). The fraction of sp³-hybridized carbons (Fsp3) is 0.350. The van der Waals surface area contributed by atoms with Crippen LogP contribution in [0.2, 0.25) is 5.02 Å². The maximum Gasteiger partial charge on any atom is 0.268 e. The van der Waals surface area contributed by atoms with Gasteiger partial charge >= 0.3 is 0 Å². The molecule has 3 heterocycles.